The molecule has 0 spiro atoms. The predicted octanol–water partition coefficient (Wildman–Crippen LogP) is 0.451. The zero-order chi connectivity index (χ0) is 5.98. The number of amides is 1. The Hall–Kier alpha value is -0.790. The van der Waals surface area contributed by atoms with Crippen molar-refractivity contribution >= 4 is 5.91 Å². The molecule has 0 aromatic rings. The van der Waals surface area contributed by atoms with Gasteiger partial charge in [-0.15, -0.1) is 6.58 Å². The van der Waals surface area contributed by atoms with Gasteiger partial charge in [-0.05, 0) is 6.42 Å². The molecule has 0 aliphatic carbocycles. The van der Waals surface area contributed by atoms with Crippen LogP contribution >= 0.6 is 0 Å². The lowest BCUT2D eigenvalue weighted by Gasteiger charge is -2.25. The normalized spacial score (nSPS) is 26.0. The molecule has 2 heteroatoms. The third-order valence-electron chi connectivity index (χ3n) is 1.25. The van der Waals surface area contributed by atoms with Gasteiger partial charge in [-0.1, -0.05) is 6.08 Å². The van der Waals surface area contributed by atoms with Crippen molar-refractivity contribution < 1.29 is 4.79 Å². The van der Waals surface area contributed by atoms with E-state index in [1.54, 1.807) is 0 Å². The highest BCUT2D eigenvalue weighted by atomic mass is 16.2. The van der Waals surface area contributed by atoms with Crippen molar-refractivity contribution in [2.75, 3.05) is 0 Å². The van der Waals surface area contributed by atoms with Crippen LogP contribution in [0.1, 0.15) is 12.8 Å². The van der Waals surface area contributed by atoms with Crippen molar-refractivity contribution in [1.29, 1.82) is 0 Å². The summed E-state index contributed by atoms with van der Waals surface area (Å²) in [6.45, 7) is 3.56. The Balaban J connectivity index is 2.15. The summed E-state index contributed by atoms with van der Waals surface area (Å²) in [7, 11) is 0. The van der Waals surface area contributed by atoms with Crippen LogP contribution < -0.4 is 5.32 Å². The third kappa shape index (κ3) is 0.886. The van der Waals surface area contributed by atoms with Gasteiger partial charge in [-0.25, -0.2) is 0 Å². The summed E-state index contributed by atoms with van der Waals surface area (Å²) in [5.74, 6) is 0.164. The van der Waals surface area contributed by atoms with E-state index in [1.807, 2.05) is 6.08 Å². The lowest BCUT2D eigenvalue weighted by atomic mass is 10.0. The van der Waals surface area contributed by atoms with E-state index >= 15 is 0 Å². The van der Waals surface area contributed by atoms with Crippen LogP contribution in [0.2, 0.25) is 0 Å². The summed E-state index contributed by atoms with van der Waals surface area (Å²) in [5.41, 5.74) is 0. The summed E-state index contributed by atoms with van der Waals surface area (Å²) in [6, 6.07) is 0.389. The maximum Gasteiger partial charge on any atom is 0.222 e. The van der Waals surface area contributed by atoms with E-state index in [-0.39, 0.29) is 5.91 Å². The molecular formula is C6H9NO. The van der Waals surface area contributed by atoms with Gasteiger partial charge in [0.2, 0.25) is 5.91 Å². The zero-order valence-electron chi connectivity index (χ0n) is 4.68. The molecule has 1 atom stereocenters. The molecule has 0 aromatic heterocycles. The Labute approximate surface area is 48.6 Å². The van der Waals surface area contributed by atoms with Gasteiger partial charge in [0.1, 0.15) is 0 Å². The van der Waals surface area contributed by atoms with Gasteiger partial charge in [-0.3, -0.25) is 4.79 Å². The molecule has 8 heavy (non-hydrogen) atoms. The van der Waals surface area contributed by atoms with Crippen molar-refractivity contribution in [3.05, 3.63) is 12.7 Å². The summed E-state index contributed by atoms with van der Waals surface area (Å²) in [6.07, 6.45) is 3.42. The maximum absolute atomic E-state index is 10.2. The molecule has 0 bridgehead atoms. The average molecular weight is 111 g/mol. The molecule has 0 saturated carbocycles. The summed E-state index contributed by atoms with van der Waals surface area (Å²) < 4.78 is 0. The molecule has 44 valence electrons. The fourth-order valence-electron chi connectivity index (χ4n) is 0.774. The number of nitrogens with one attached hydrogen (secondary N) is 1. The Bertz CT molecular complexity index is 109. The first-order valence-corrected chi connectivity index (χ1v) is 2.73. The van der Waals surface area contributed by atoms with Crippen molar-refractivity contribution in [3.8, 4) is 0 Å². The molecule has 1 heterocycles. The van der Waals surface area contributed by atoms with E-state index in [2.05, 4.69) is 11.9 Å². The number of carbonyl (C=O) groups is 1. The molecule has 1 rings (SSSR count). The smallest absolute Gasteiger partial charge is 0.222 e. The average Bonchev–Trinajstić information content (AvgIpc) is 1.64. The van der Waals surface area contributed by atoms with Crippen LogP contribution in [0.5, 0.6) is 0 Å². The van der Waals surface area contributed by atoms with Crippen molar-refractivity contribution in [3.63, 3.8) is 0 Å². The first-order chi connectivity index (χ1) is 3.83. The molecule has 1 aliphatic heterocycles. The standard InChI is InChI=1S/C6H9NO/c1-2-3-5-4-6(8)7-5/h2,5H,1,3-4H2,(H,7,8). The topological polar surface area (TPSA) is 29.1 Å². The Morgan fingerprint density at radius 1 is 2.00 bits per heavy atom. The van der Waals surface area contributed by atoms with Gasteiger partial charge < -0.3 is 5.32 Å². The Kier molecular flexibility index (Phi) is 1.33. The highest BCUT2D eigenvalue weighted by molar-refractivity contribution is 5.82. The molecule has 1 unspecified atom stereocenters. The quantitative estimate of drug-likeness (QED) is 0.407. The second-order valence-electron chi connectivity index (χ2n) is 1.99. The summed E-state index contributed by atoms with van der Waals surface area (Å²) in [5, 5.41) is 2.73. The molecule has 0 aromatic carbocycles. The lowest BCUT2D eigenvalue weighted by Crippen LogP contribution is -2.47. The molecule has 1 amide bonds. The van der Waals surface area contributed by atoms with E-state index in [4.69, 9.17) is 0 Å². The summed E-state index contributed by atoms with van der Waals surface area (Å²) >= 11 is 0. The van der Waals surface area contributed by atoms with E-state index in [0.29, 0.717) is 12.5 Å². The molecule has 1 aliphatic rings. The SMILES string of the molecule is C=CCC1CC(=O)N1. The van der Waals surface area contributed by atoms with Crippen LogP contribution in [0.4, 0.5) is 0 Å². The fraction of sp³-hybridized carbons (Fsp3) is 0.500. The maximum atomic E-state index is 10.2. The highest BCUT2D eigenvalue weighted by Gasteiger charge is 2.22. The van der Waals surface area contributed by atoms with Gasteiger partial charge in [0.25, 0.3) is 0 Å². The Morgan fingerprint density at radius 2 is 2.62 bits per heavy atom. The van der Waals surface area contributed by atoms with E-state index in [0.717, 1.165) is 6.42 Å². The first kappa shape index (κ1) is 5.35. The molecule has 0 radical (unpaired) electrons. The molecule has 2 nitrogen and oxygen atoms in total. The van der Waals surface area contributed by atoms with Gasteiger partial charge in [0.05, 0.1) is 0 Å². The minimum absolute atomic E-state index is 0.164. The molecular weight excluding hydrogens is 102 g/mol. The van der Waals surface area contributed by atoms with Crippen LogP contribution in [0, 0.1) is 0 Å². The van der Waals surface area contributed by atoms with Gasteiger partial charge >= 0.3 is 0 Å². The minimum atomic E-state index is 0.164. The molecule has 1 fully saturated rings. The van der Waals surface area contributed by atoms with Crippen LogP contribution in [-0.2, 0) is 4.79 Å². The number of carbonyl (C=O) groups excluding carboxylic acids is 1. The van der Waals surface area contributed by atoms with Crippen LogP contribution in [0.15, 0.2) is 12.7 Å². The van der Waals surface area contributed by atoms with Crippen molar-refractivity contribution in [1.82, 2.24) is 5.32 Å². The van der Waals surface area contributed by atoms with Crippen LogP contribution in [0.25, 0.3) is 0 Å². The van der Waals surface area contributed by atoms with Gasteiger partial charge in [0.15, 0.2) is 0 Å². The first-order valence-electron chi connectivity index (χ1n) is 2.73. The Morgan fingerprint density at radius 3 is 3.00 bits per heavy atom. The monoisotopic (exact) mass is 111 g/mol. The van der Waals surface area contributed by atoms with E-state index in [9.17, 15) is 4.79 Å². The van der Waals surface area contributed by atoms with Crippen molar-refractivity contribution in [2.24, 2.45) is 0 Å². The number of β-lactam (4-membered cyclic amide) rings is 1. The number of rotatable bonds is 2. The number of hydrogen-bond donors (Lipinski definition) is 1. The highest BCUT2D eigenvalue weighted by Crippen LogP contribution is 2.07. The summed E-state index contributed by atoms with van der Waals surface area (Å²) in [4.78, 5) is 10.2. The third-order valence-corrected chi connectivity index (χ3v) is 1.25. The second kappa shape index (κ2) is 1.99. The fourth-order valence-corrected chi connectivity index (χ4v) is 0.774. The zero-order valence-corrected chi connectivity index (χ0v) is 4.68. The van der Waals surface area contributed by atoms with Gasteiger partial charge in [-0.2, -0.15) is 0 Å². The van der Waals surface area contributed by atoms with E-state index < -0.39 is 0 Å². The van der Waals surface area contributed by atoms with Gasteiger partial charge in [0, 0.05) is 12.5 Å². The number of hydrogen-bond acceptors (Lipinski definition) is 1. The van der Waals surface area contributed by atoms with Crippen LogP contribution in [-0.4, -0.2) is 11.9 Å². The van der Waals surface area contributed by atoms with Crippen molar-refractivity contribution in [2.45, 2.75) is 18.9 Å². The lowest BCUT2D eigenvalue weighted by molar-refractivity contribution is -0.128. The largest absolute Gasteiger partial charge is 0.352 e. The van der Waals surface area contributed by atoms with Crippen LogP contribution in [0.3, 0.4) is 0 Å². The molecule has 1 saturated heterocycles. The second-order valence-corrected chi connectivity index (χ2v) is 1.99. The van der Waals surface area contributed by atoms with E-state index in [1.165, 1.54) is 0 Å². The molecule has 1 N–H and O–H groups in total. The minimum Gasteiger partial charge on any atom is -0.352 e. The predicted molar refractivity (Wildman–Crippen MR) is 31.4 cm³/mol.